The first-order valence-corrected chi connectivity index (χ1v) is 8.41. The Kier molecular flexibility index (Phi) is 4.77. The largest absolute Gasteiger partial charge is 0.457 e. The molecule has 2 aromatic rings. The van der Waals surface area contributed by atoms with Gasteiger partial charge in [-0.2, -0.15) is 5.26 Å². The van der Waals surface area contributed by atoms with Crippen molar-refractivity contribution in [1.29, 1.82) is 10.7 Å². The maximum atomic E-state index is 12.4. The number of rotatable bonds is 6. The molecule has 5 nitrogen and oxygen atoms in total. The number of benzene rings is 2. The van der Waals surface area contributed by atoms with Gasteiger partial charge in [0, 0.05) is 11.5 Å². The van der Waals surface area contributed by atoms with Crippen molar-refractivity contribution in [2.45, 2.75) is 20.0 Å². The van der Waals surface area contributed by atoms with E-state index in [1.54, 1.807) is 24.3 Å². The number of hydrogen-bond acceptors (Lipinski definition) is 5. The molecule has 0 aliphatic heterocycles. The van der Waals surface area contributed by atoms with E-state index in [1.807, 2.05) is 50.2 Å². The van der Waals surface area contributed by atoms with Crippen molar-refractivity contribution in [2.24, 2.45) is 17.3 Å². The molecular formula is C21H20N2O3. The highest BCUT2D eigenvalue weighted by molar-refractivity contribution is 5.85. The predicted octanol–water partition coefficient (Wildman–Crippen LogP) is 4.51. The van der Waals surface area contributed by atoms with E-state index in [0.717, 1.165) is 0 Å². The second kappa shape index (κ2) is 7.01. The van der Waals surface area contributed by atoms with Gasteiger partial charge in [-0.1, -0.05) is 44.2 Å². The van der Waals surface area contributed by atoms with Gasteiger partial charge in [0.15, 0.2) is 0 Å². The minimum absolute atomic E-state index is 0.137. The number of hydrogen-bond donors (Lipinski definition) is 1. The van der Waals surface area contributed by atoms with Crippen LogP contribution >= 0.6 is 0 Å². The summed E-state index contributed by atoms with van der Waals surface area (Å²) in [6, 6.07) is 18.3. The summed E-state index contributed by atoms with van der Waals surface area (Å²) in [5, 5.41) is 16.9. The molecule has 3 atom stereocenters. The molecule has 0 amide bonds. The third kappa shape index (κ3) is 3.45. The van der Waals surface area contributed by atoms with Gasteiger partial charge in [0.2, 0.25) is 6.10 Å². The lowest BCUT2D eigenvalue weighted by molar-refractivity contribution is -0.149. The molecule has 0 aromatic heterocycles. The van der Waals surface area contributed by atoms with Gasteiger partial charge in [-0.15, -0.1) is 0 Å². The Morgan fingerprint density at radius 2 is 1.88 bits per heavy atom. The summed E-state index contributed by atoms with van der Waals surface area (Å²) in [5.41, 5.74) is 0.260. The van der Waals surface area contributed by atoms with E-state index in [2.05, 4.69) is 0 Å². The molecule has 5 heteroatoms. The number of esters is 1. The average molecular weight is 348 g/mol. The predicted molar refractivity (Wildman–Crippen MR) is 96.9 cm³/mol. The normalized spacial score (nSPS) is 21.1. The Bertz CT molecular complexity index is 855. The molecule has 2 aromatic carbocycles. The van der Waals surface area contributed by atoms with Gasteiger partial charge in [0.05, 0.1) is 5.92 Å². The summed E-state index contributed by atoms with van der Waals surface area (Å²) in [4.78, 5) is 12.4. The van der Waals surface area contributed by atoms with E-state index in [9.17, 15) is 10.1 Å². The highest BCUT2D eigenvalue weighted by atomic mass is 16.5. The molecule has 1 saturated carbocycles. The van der Waals surface area contributed by atoms with Crippen LogP contribution in [0.25, 0.3) is 0 Å². The van der Waals surface area contributed by atoms with Crippen molar-refractivity contribution in [3.63, 3.8) is 0 Å². The van der Waals surface area contributed by atoms with Crippen LogP contribution in [-0.4, -0.2) is 12.2 Å². The van der Waals surface area contributed by atoms with Crippen LogP contribution in [0.15, 0.2) is 54.6 Å². The molecule has 0 radical (unpaired) electrons. The number of nitriles is 1. The SMILES string of the molecule is CC1(C)C(C=N)C1C(=O)O[C@H](C#N)c1cccc(Oc2ccccc2)c1. The first-order chi connectivity index (χ1) is 12.5. The van der Waals surface area contributed by atoms with E-state index < -0.39 is 12.1 Å². The van der Waals surface area contributed by atoms with Gasteiger partial charge >= 0.3 is 5.97 Å². The zero-order valence-electron chi connectivity index (χ0n) is 14.7. The smallest absolute Gasteiger partial charge is 0.311 e. The van der Waals surface area contributed by atoms with Crippen LogP contribution in [0.1, 0.15) is 25.5 Å². The second-order valence-electron chi connectivity index (χ2n) is 6.93. The summed E-state index contributed by atoms with van der Waals surface area (Å²) in [7, 11) is 0. The first kappa shape index (κ1) is 17.7. The number of ether oxygens (including phenoxy) is 2. The van der Waals surface area contributed by atoms with Gasteiger partial charge in [-0.3, -0.25) is 4.79 Å². The highest BCUT2D eigenvalue weighted by Gasteiger charge is 2.62. The van der Waals surface area contributed by atoms with Crippen molar-refractivity contribution in [1.82, 2.24) is 0 Å². The molecule has 1 aliphatic carbocycles. The number of para-hydroxylation sites is 1. The van der Waals surface area contributed by atoms with Crippen LogP contribution in [-0.2, 0) is 9.53 Å². The van der Waals surface area contributed by atoms with E-state index in [-0.39, 0.29) is 17.3 Å². The van der Waals surface area contributed by atoms with E-state index in [4.69, 9.17) is 14.9 Å². The van der Waals surface area contributed by atoms with Gasteiger partial charge in [-0.05, 0) is 35.9 Å². The van der Waals surface area contributed by atoms with Crippen molar-refractivity contribution in [2.75, 3.05) is 0 Å². The third-order valence-corrected chi connectivity index (χ3v) is 4.84. The maximum absolute atomic E-state index is 12.4. The van der Waals surface area contributed by atoms with E-state index in [0.29, 0.717) is 17.1 Å². The van der Waals surface area contributed by atoms with Gasteiger partial charge in [-0.25, -0.2) is 0 Å². The monoisotopic (exact) mass is 348 g/mol. The van der Waals surface area contributed by atoms with Crippen molar-refractivity contribution < 1.29 is 14.3 Å². The Hall–Kier alpha value is -3.13. The second-order valence-corrected chi connectivity index (χ2v) is 6.93. The van der Waals surface area contributed by atoms with Gasteiger partial charge in [0.25, 0.3) is 0 Å². The molecule has 0 saturated heterocycles. The molecule has 2 unspecified atom stereocenters. The van der Waals surface area contributed by atoms with Gasteiger partial charge in [0.1, 0.15) is 17.6 Å². The molecule has 3 rings (SSSR count). The first-order valence-electron chi connectivity index (χ1n) is 8.41. The van der Waals surface area contributed by atoms with Crippen LogP contribution in [0.2, 0.25) is 0 Å². The molecule has 1 fully saturated rings. The number of nitrogens with one attached hydrogen (secondary N) is 1. The lowest BCUT2D eigenvalue weighted by atomic mass is 10.1. The number of nitrogens with zero attached hydrogens (tertiary/aromatic N) is 1. The van der Waals surface area contributed by atoms with Crippen LogP contribution in [0.3, 0.4) is 0 Å². The summed E-state index contributed by atoms with van der Waals surface area (Å²) >= 11 is 0. The minimum Gasteiger partial charge on any atom is -0.457 e. The fourth-order valence-electron chi connectivity index (χ4n) is 3.16. The Morgan fingerprint density at radius 3 is 2.50 bits per heavy atom. The summed E-state index contributed by atoms with van der Waals surface area (Å²) in [5.74, 6) is 0.295. The fraction of sp³-hybridized carbons (Fsp3) is 0.286. The number of carbonyl (C=O) groups is 1. The zero-order chi connectivity index (χ0) is 18.7. The van der Waals surface area contributed by atoms with Crippen molar-refractivity contribution in [3.8, 4) is 17.6 Å². The fourth-order valence-corrected chi connectivity index (χ4v) is 3.16. The molecule has 0 heterocycles. The standard InChI is InChI=1S/C21H20N2O3/c1-21(2)17(12-22)19(21)20(24)26-18(13-23)14-7-6-10-16(11-14)25-15-8-4-3-5-9-15/h3-12,17-19,22H,1-2H3/t17?,18-,19?/m1/s1. The Balaban J connectivity index is 1.73. The Labute approximate surface area is 152 Å². The summed E-state index contributed by atoms with van der Waals surface area (Å²) in [6.07, 6.45) is 0.270. The minimum atomic E-state index is -1.01. The van der Waals surface area contributed by atoms with Crippen molar-refractivity contribution >= 4 is 12.2 Å². The lowest BCUT2D eigenvalue weighted by Gasteiger charge is -2.13. The van der Waals surface area contributed by atoms with Crippen LogP contribution in [0, 0.1) is 34.0 Å². The lowest BCUT2D eigenvalue weighted by Crippen LogP contribution is -2.14. The topological polar surface area (TPSA) is 83.2 Å². The van der Waals surface area contributed by atoms with Crippen LogP contribution in [0.4, 0.5) is 0 Å². The van der Waals surface area contributed by atoms with Gasteiger partial charge < -0.3 is 14.9 Å². The molecule has 1 N–H and O–H groups in total. The Morgan fingerprint density at radius 1 is 1.19 bits per heavy atom. The quantitative estimate of drug-likeness (QED) is 0.615. The summed E-state index contributed by atoms with van der Waals surface area (Å²) < 4.78 is 11.2. The van der Waals surface area contributed by atoms with Crippen molar-refractivity contribution in [3.05, 3.63) is 60.2 Å². The van der Waals surface area contributed by atoms with Crippen LogP contribution in [0.5, 0.6) is 11.5 Å². The summed E-state index contributed by atoms with van der Waals surface area (Å²) in [6.45, 7) is 3.84. The zero-order valence-corrected chi connectivity index (χ0v) is 14.7. The van der Waals surface area contributed by atoms with Crippen LogP contribution < -0.4 is 4.74 Å². The van der Waals surface area contributed by atoms with E-state index >= 15 is 0 Å². The molecule has 1 aliphatic rings. The highest BCUT2D eigenvalue weighted by Crippen LogP contribution is 2.57. The molecular weight excluding hydrogens is 328 g/mol. The maximum Gasteiger partial charge on any atom is 0.311 e. The third-order valence-electron chi connectivity index (χ3n) is 4.84. The average Bonchev–Trinajstić information content (AvgIpc) is 3.21. The molecule has 132 valence electrons. The molecule has 0 spiro atoms. The molecule has 26 heavy (non-hydrogen) atoms. The molecule has 0 bridgehead atoms. The number of carbonyl (C=O) groups excluding carboxylic acids is 1. The van der Waals surface area contributed by atoms with E-state index in [1.165, 1.54) is 6.21 Å².